The molecule has 0 bridgehead atoms. The first-order chi connectivity index (χ1) is 11.4. The molecule has 0 saturated carbocycles. The fourth-order valence-corrected chi connectivity index (χ4v) is 3.46. The van der Waals surface area contributed by atoms with Gasteiger partial charge in [0, 0.05) is 16.7 Å². The maximum absolute atomic E-state index is 12.3. The molecule has 3 rings (SSSR count). The van der Waals surface area contributed by atoms with Gasteiger partial charge in [-0.1, -0.05) is 45.8 Å². The van der Waals surface area contributed by atoms with Gasteiger partial charge in [-0.2, -0.15) is 5.10 Å². The van der Waals surface area contributed by atoms with Gasteiger partial charge in [0.05, 0.1) is 11.4 Å². The van der Waals surface area contributed by atoms with Crippen LogP contribution in [0.5, 0.6) is 0 Å². The van der Waals surface area contributed by atoms with Crippen molar-refractivity contribution in [3.05, 3.63) is 76.4 Å². The Balaban J connectivity index is 1.73. The molecular formula is C17H16BrN3O2S. The van der Waals surface area contributed by atoms with Crippen LogP contribution < -0.4 is 4.72 Å². The second-order valence-electron chi connectivity index (χ2n) is 5.44. The maximum Gasteiger partial charge on any atom is 0.263 e. The standard InChI is InChI=1S/C17H16BrN3O2S/c1-13-2-4-14(5-3-13)12-21-11-10-17(19-21)20-24(22,23)16-8-6-15(18)7-9-16/h2-11H,12H2,1H3,(H,19,20). The monoisotopic (exact) mass is 405 g/mol. The first-order valence-electron chi connectivity index (χ1n) is 7.30. The van der Waals surface area contributed by atoms with Crippen molar-refractivity contribution < 1.29 is 8.42 Å². The Hall–Kier alpha value is -2.12. The van der Waals surface area contributed by atoms with Gasteiger partial charge >= 0.3 is 0 Å². The molecule has 3 aromatic rings. The van der Waals surface area contributed by atoms with Crippen molar-refractivity contribution in [1.82, 2.24) is 9.78 Å². The topological polar surface area (TPSA) is 64.0 Å². The van der Waals surface area contributed by atoms with E-state index in [4.69, 9.17) is 0 Å². The van der Waals surface area contributed by atoms with Gasteiger partial charge in [0.2, 0.25) is 0 Å². The highest BCUT2D eigenvalue weighted by Gasteiger charge is 2.15. The third kappa shape index (κ3) is 4.04. The number of hydrogen-bond acceptors (Lipinski definition) is 3. The summed E-state index contributed by atoms with van der Waals surface area (Å²) in [4.78, 5) is 0.193. The summed E-state index contributed by atoms with van der Waals surface area (Å²) in [6.45, 7) is 2.62. The van der Waals surface area contributed by atoms with E-state index in [0.29, 0.717) is 12.4 Å². The summed E-state index contributed by atoms with van der Waals surface area (Å²) in [5.41, 5.74) is 2.30. The second kappa shape index (κ2) is 6.78. The van der Waals surface area contributed by atoms with E-state index in [0.717, 1.165) is 10.0 Å². The van der Waals surface area contributed by atoms with Gasteiger partial charge in [0.15, 0.2) is 5.82 Å². The predicted octanol–water partition coefficient (Wildman–Crippen LogP) is 3.80. The number of aryl methyl sites for hydroxylation is 1. The normalized spacial score (nSPS) is 11.4. The van der Waals surface area contributed by atoms with E-state index in [1.54, 1.807) is 29.1 Å². The fraction of sp³-hybridized carbons (Fsp3) is 0.118. The average Bonchev–Trinajstić information content (AvgIpc) is 2.96. The zero-order chi connectivity index (χ0) is 17.2. The highest BCUT2D eigenvalue weighted by molar-refractivity contribution is 9.10. The summed E-state index contributed by atoms with van der Waals surface area (Å²) >= 11 is 3.29. The number of rotatable bonds is 5. The molecule has 124 valence electrons. The summed E-state index contributed by atoms with van der Waals surface area (Å²) in [6.07, 6.45) is 1.75. The molecule has 0 amide bonds. The minimum absolute atomic E-state index is 0.193. The lowest BCUT2D eigenvalue weighted by Gasteiger charge is -2.06. The van der Waals surface area contributed by atoms with Crippen LogP contribution in [0, 0.1) is 6.92 Å². The van der Waals surface area contributed by atoms with Gasteiger partial charge in [0.1, 0.15) is 0 Å². The van der Waals surface area contributed by atoms with Gasteiger partial charge in [0.25, 0.3) is 10.0 Å². The highest BCUT2D eigenvalue weighted by Crippen LogP contribution is 2.17. The van der Waals surface area contributed by atoms with Crippen molar-refractivity contribution in [3.8, 4) is 0 Å². The lowest BCUT2D eigenvalue weighted by Crippen LogP contribution is -2.13. The van der Waals surface area contributed by atoms with E-state index in [-0.39, 0.29) is 4.90 Å². The zero-order valence-electron chi connectivity index (χ0n) is 13.0. The van der Waals surface area contributed by atoms with Crippen LogP contribution in [0.4, 0.5) is 5.82 Å². The van der Waals surface area contributed by atoms with Crippen molar-refractivity contribution in [2.24, 2.45) is 0 Å². The number of hydrogen-bond donors (Lipinski definition) is 1. The molecule has 2 aromatic carbocycles. The lowest BCUT2D eigenvalue weighted by atomic mass is 10.1. The first kappa shape index (κ1) is 16.7. The number of sulfonamides is 1. The molecule has 0 aliphatic rings. The van der Waals surface area contributed by atoms with Crippen molar-refractivity contribution in [2.45, 2.75) is 18.4 Å². The van der Waals surface area contributed by atoms with Crippen LogP contribution >= 0.6 is 15.9 Å². The van der Waals surface area contributed by atoms with Crippen LogP contribution in [0.15, 0.2) is 70.2 Å². The molecular weight excluding hydrogens is 390 g/mol. The summed E-state index contributed by atoms with van der Waals surface area (Å²) < 4.78 is 29.7. The molecule has 0 aliphatic heterocycles. The molecule has 1 heterocycles. The van der Waals surface area contributed by atoms with E-state index < -0.39 is 10.0 Å². The SMILES string of the molecule is Cc1ccc(Cn2ccc(NS(=O)(=O)c3ccc(Br)cc3)n2)cc1. The predicted molar refractivity (Wildman–Crippen MR) is 97.5 cm³/mol. The van der Waals surface area contributed by atoms with Gasteiger partial charge in [-0.3, -0.25) is 9.40 Å². The van der Waals surface area contributed by atoms with Crippen molar-refractivity contribution >= 4 is 31.8 Å². The Morgan fingerprint density at radius 1 is 1.04 bits per heavy atom. The second-order valence-corrected chi connectivity index (χ2v) is 8.04. The minimum atomic E-state index is -3.64. The quantitative estimate of drug-likeness (QED) is 0.701. The molecule has 1 aromatic heterocycles. The molecule has 7 heteroatoms. The van der Waals surface area contributed by atoms with E-state index in [2.05, 4.69) is 25.8 Å². The molecule has 0 unspecified atom stereocenters. The van der Waals surface area contributed by atoms with E-state index in [1.165, 1.54) is 17.7 Å². The largest absolute Gasteiger partial charge is 0.266 e. The number of aromatic nitrogens is 2. The van der Waals surface area contributed by atoms with Crippen LogP contribution in [-0.4, -0.2) is 18.2 Å². The van der Waals surface area contributed by atoms with Crippen molar-refractivity contribution in [3.63, 3.8) is 0 Å². The summed E-state index contributed by atoms with van der Waals surface area (Å²) in [6, 6.07) is 16.2. The third-order valence-corrected chi connectivity index (χ3v) is 5.37. The van der Waals surface area contributed by atoms with Gasteiger partial charge < -0.3 is 0 Å². The minimum Gasteiger partial charge on any atom is -0.266 e. The number of halogens is 1. The molecule has 1 N–H and O–H groups in total. The van der Waals surface area contributed by atoms with Crippen LogP contribution in [-0.2, 0) is 16.6 Å². The summed E-state index contributed by atoms with van der Waals surface area (Å²) in [5.74, 6) is 0.296. The summed E-state index contributed by atoms with van der Waals surface area (Å²) in [5, 5.41) is 4.27. The van der Waals surface area contributed by atoms with Gasteiger partial charge in [-0.15, -0.1) is 0 Å². The lowest BCUT2D eigenvalue weighted by molar-refractivity contribution is 0.600. The van der Waals surface area contributed by atoms with E-state index in [1.807, 2.05) is 31.2 Å². The zero-order valence-corrected chi connectivity index (χ0v) is 15.4. The molecule has 5 nitrogen and oxygen atoms in total. The average molecular weight is 406 g/mol. The Morgan fingerprint density at radius 2 is 1.71 bits per heavy atom. The summed E-state index contributed by atoms with van der Waals surface area (Å²) in [7, 11) is -3.64. The molecule has 0 fully saturated rings. The van der Waals surface area contributed by atoms with Gasteiger partial charge in [-0.05, 0) is 36.8 Å². The van der Waals surface area contributed by atoms with Crippen LogP contribution in [0.2, 0.25) is 0 Å². The van der Waals surface area contributed by atoms with Crippen LogP contribution in [0.3, 0.4) is 0 Å². The maximum atomic E-state index is 12.3. The third-order valence-electron chi connectivity index (χ3n) is 3.47. The van der Waals surface area contributed by atoms with E-state index in [9.17, 15) is 8.42 Å². The molecule has 0 aliphatic carbocycles. The molecule has 24 heavy (non-hydrogen) atoms. The number of anilines is 1. The Labute approximate surface area is 149 Å². The Kier molecular flexibility index (Phi) is 4.73. The molecule has 0 saturated heterocycles. The highest BCUT2D eigenvalue weighted by atomic mass is 79.9. The molecule has 0 atom stereocenters. The van der Waals surface area contributed by atoms with Crippen molar-refractivity contribution in [2.75, 3.05) is 4.72 Å². The smallest absolute Gasteiger partial charge is 0.263 e. The van der Waals surface area contributed by atoms with Gasteiger partial charge in [-0.25, -0.2) is 8.42 Å². The number of nitrogens with zero attached hydrogens (tertiary/aromatic N) is 2. The molecule has 0 radical (unpaired) electrons. The van der Waals surface area contributed by atoms with Crippen LogP contribution in [0.1, 0.15) is 11.1 Å². The fourth-order valence-electron chi connectivity index (χ4n) is 2.20. The first-order valence-corrected chi connectivity index (χ1v) is 9.57. The number of benzene rings is 2. The Morgan fingerprint density at radius 3 is 2.38 bits per heavy atom. The van der Waals surface area contributed by atoms with Crippen molar-refractivity contribution in [1.29, 1.82) is 0 Å². The van der Waals surface area contributed by atoms with Crippen LogP contribution in [0.25, 0.3) is 0 Å². The molecule has 0 spiro atoms. The van der Waals surface area contributed by atoms with E-state index >= 15 is 0 Å². The number of nitrogens with one attached hydrogen (secondary N) is 1. The Bertz CT molecular complexity index is 933.